The molecular weight excluding hydrogens is 247 g/mol. The van der Waals surface area contributed by atoms with Gasteiger partial charge in [-0.1, -0.05) is 0 Å². The molecule has 0 aliphatic heterocycles. The Bertz CT molecular complexity index is 587. The molecule has 2 rings (SSSR count). The molecular formula is C10H10F3N5. The van der Waals surface area contributed by atoms with Gasteiger partial charge in [0.1, 0.15) is 11.5 Å². The summed E-state index contributed by atoms with van der Waals surface area (Å²) >= 11 is 0. The number of halogens is 3. The zero-order chi connectivity index (χ0) is 13.3. The van der Waals surface area contributed by atoms with E-state index in [9.17, 15) is 13.2 Å². The summed E-state index contributed by atoms with van der Waals surface area (Å²) in [7, 11) is 0. The average Bonchev–Trinajstić information content (AvgIpc) is 2.72. The molecule has 3 N–H and O–H groups in total. The van der Waals surface area contributed by atoms with Gasteiger partial charge in [0.15, 0.2) is 5.65 Å². The van der Waals surface area contributed by atoms with Crippen LogP contribution in [-0.2, 0) is 6.42 Å². The lowest BCUT2D eigenvalue weighted by atomic mass is 10.2. The van der Waals surface area contributed by atoms with Crippen LogP contribution in [0.15, 0.2) is 18.6 Å². The lowest BCUT2D eigenvalue weighted by molar-refractivity contribution is -0.134. The Morgan fingerprint density at radius 3 is 2.78 bits per heavy atom. The van der Waals surface area contributed by atoms with Gasteiger partial charge in [-0.2, -0.15) is 13.2 Å². The SMILES string of the molecule is N=C(N)c1cn2ccnc2c(CCC(F)(F)F)n1. The van der Waals surface area contributed by atoms with Gasteiger partial charge in [0.2, 0.25) is 0 Å². The van der Waals surface area contributed by atoms with Crippen molar-refractivity contribution in [2.45, 2.75) is 19.0 Å². The minimum Gasteiger partial charge on any atom is -0.382 e. The van der Waals surface area contributed by atoms with Crippen LogP contribution >= 0.6 is 0 Å². The molecule has 2 aromatic rings. The Hall–Kier alpha value is -2.12. The van der Waals surface area contributed by atoms with Crippen molar-refractivity contribution in [3.05, 3.63) is 30.0 Å². The molecule has 0 aliphatic carbocycles. The number of aryl methyl sites for hydroxylation is 1. The standard InChI is InChI=1S/C10H10F3N5/c11-10(12,13)2-1-6-9-16-3-4-18(9)5-7(17-6)8(14)15/h3-5H,1-2H2,(H3,14,15). The van der Waals surface area contributed by atoms with Crippen LogP contribution in [0.1, 0.15) is 17.8 Å². The lowest BCUT2D eigenvalue weighted by Crippen LogP contribution is -2.17. The van der Waals surface area contributed by atoms with Gasteiger partial charge in [0.25, 0.3) is 0 Å². The van der Waals surface area contributed by atoms with Crippen molar-refractivity contribution < 1.29 is 13.2 Å². The first kappa shape index (κ1) is 12.3. The number of hydrogen-bond donors (Lipinski definition) is 2. The molecule has 96 valence electrons. The van der Waals surface area contributed by atoms with Crippen molar-refractivity contribution >= 4 is 11.5 Å². The fourth-order valence-corrected chi connectivity index (χ4v) is 1.55. The minimum atomic E-state index is -4.25. The van der Waals surface area contributed by atoms with E-state index in [0.29, 0.717) is 5.65 Å². The highest BCUT2D eigenvalue weighted by molar-refractivity contribution is 5.93. The number of alkyl halides is 3. The number of fused-ring (bicyclic) bond motifs is 1. The van der Waals surface area contributed by atoms with Crippen LogP contribution < -0.4 is 5.73 Å². The molecule has 0 aliphatic rings. The molecule has 0 unspecified atom stereocenters. The zero-order valence-corrected chi connectivity index (χ0v) is 9.20. The summed E-state index contributed by atoms with van der Waals surface area (Å²) in [5.41, 5.74) is 5.96. The molecule has 5 nitrogen and oxygen atoms in total. The van der Waals surface area contributed by atoms with E-state index in [0.717, 1.165) is 0 Å². The summed E-state index contributed by atoms with van der Waals surface area (Å²) in [5, 5.41) is 7.27. The first-order valence-electron chi connectivity index (χ1n) is 5.10. The van der Waals surface area contributed by atoms with Gasteiger partial charge in [0, 0.05) is 31.4 Å². The van der Waals surface area contributed by atoms with Crippen molar-refractivity contribution in [1.29, 1.82) is 5.41 Å². The number of imidazole rings is 1. The van der Waals surface area contributed by atoms with Crippen LogP contribution in [0.5, 0.6) is 0 Å². The van der Waals surface area contributed by atoms with Gasteiger partial charge in [-0.15, -0.1) is 0 Å². The van der Waals surface area contributed by atoms with E-state index in [2.05, 4.69) is 9.97 Å². The molecule has 8 heteroatoms. The number of rotatable bonds is 3. The second-order valence-corrected chi connectivity index (χ2v) is 3.76. The first-order valence-corrected chi connectivity index (χ1v) is 5.10. The molecule has 2 aromatic heterocycles. The summed E-state index contributed by atoms with van der Waals surface area (Å²) in [6.45, 7) is 0. The number of amidine groups is 1. The van der Waals surface area contributed by atoms with Crippen LogP contribution in [0.25, 0.3) is 5.65 Å². The fourth-order valence-electron chi connectivity index (χ4n) is 1.55. The zero-order valence-electron chi connectivity index (χ0n) is 9.20. The van der Waals surface area contributed by atoms with E-state index in [4.69, 9.17) is 11.1 Å². The van der Waals surface area contributed by atoms with Crippen molar-refractivity contribution in [2.75, 3.05) is 0 Å². The largest absolute Gasteiger partial charge is 0.389 e. The van der Waals surface area contributed by atoms with Crippen molar-refractivity contribution in [1.82, 2.24) is 14.4 Å². The maximum atomic E-state index is 12.2. The van der Waals surface area contributed by atoms with Crippen molar-refractivity contribution in [3.8, 4) is 0 Å². The third-order valence-electron chi connectivity index (χ3n) is 2.36. The smallest absolute Gasteiger partial charge is 0.382 e. The Labute approximate surface area is 100.0 Å². The van der Waals surface area contributed by atoms with E-state index >= 15 is 0 Å². The summed E-state index contributed by atoms with van der Waals surface area (Å²) in [4.78, 5) is 7.88. The number of nitrogens with two attached hydrogens (primary N) is 1. The van der Waals surface area contributed by atoms with E-state index in [1.54, 1.807) is 6.20 Å². The number of nitrogens with one attached hydrogen (secondary N) is 1. The minimum absolute atomic E-state index is 0.137. The van der Waals surface area contributed by atoms with E-state index in [1.165, 1.54) is 16.8 Å². The number of nitrogen functional groups attached to an aromatic ring is 1. The molecule has 0 saturated carbocycles. The van der Waals surface area contributed by atoms with E-state index in [-0.39, 0.29) is 23.6 Å². The van der Waals surface area contributed by atoms with Gasteiger partial charge >= 0.3 is 6.18 Å². The topological polar surface area (TPSA) is 80.1 Å². The quantitative estimate of drug-likeness (QED) is 0.646. The fraction of sp³-hybridized carbons (Fsp3) is 0.300. The predicted molar refractivity (Wildman–Crippen MR) is 58.4 cm³/mol. The molecule has 0 amide bonds. The summed E-state index contributed by atoms with van der Waals surface area (Å²) < 4.78 is 38.1. The second-order valence-electron chi connectivity index (χ2n) is 3.76. The third kappa shape index (κ3) is 2.58. The van der Waals surface area contributed by atoms with Crippen molar-refractivity contribution in [2.24, 2.45) is 5.73 Å². The summed E-state index contributed by atoms with van der Waals surface area (Å²) in [6.07, 6.45) is -1.03. The Balaban J connectivity index is 2.41. The molecule has 0 bridgehead atoms. The molecule has 18 heavy (non-hydrogen) atoms. The van der Waals surface area contributed by atoms with Crippen molar-refractivity contribution in [3.63, 3.8) is 0 Å². The number of nitrogens with zero attached hydrogens (tertiary/aromatic N) is 3. The van der Waals surface area contributed by atoms with Gasteiger partial charge < -0.3 is 10.1 Å². The Kier molecular flexibility index (Phi) is 2.93. The lowest BCUT2D eigenvalue weighted by Gasteiger charge is -2.08. The Morgan fingerprint density at radius 1 is 1.44 bits per heavy atom. The molecule has 0 fully saturated rings. The highest BCUT2D eigenvalue weighted by atomic mass is 19.4. The third-order valence-corrected chi connectivity index (χ3v) is 2.36. The monoisotopic (exact) mass is 257 g/mol. The first-order chi connectivity index (χ1) is 8.37. The maximum Gasteiger partial charge on any atom is 0.389 e. The van der Waals surface area contributed by atoms with E-state index < -0.39 is 12.6 Å². The van der Waals surface area contributed by atoms with Crippen LogP contribution in [-0.4, -0.2) is 26.4 Å². The average molecular weight is 257 g/mol. The van der Waals surface area contributed by atoms with Crippen LogP contribution in [0.4, 0.5) is 13.2 Å². The van der Waals surface area contributed by atoms with Gasteiger partial charge in [-0.3, -0.25) is 5.41 Å². The summed E-state index contributed by atoms with van der Waals surface area (Å²) in [6, 6.07) is 0. The Morgan fingerprint density at radius 2 is 2.17 bits per heavy atom. The second kappa shape index (κ2) is 4.28. The molecule has 0 aromatic carbocycles. The molecule has 0 atom stereocenters. The van der Waals surface area contributed by atoms with Crippen LogP contribution in [0, 0.1) is 5.41 Å². The normalized spacial score (nSPS) is 11.9. The molecule has 0 saturated heterocycles. The number of hydrogen-bond acceptors (Lipinski definition) is 3. The van der Waals surface area contributed by atoms with Crippen LogP contribution in [0.2, 0.25) is 0 Å². The van der Waals surface area contributed by atoms with E-state index in [1.807, 2.05) is 0 Å². The van der Waals surface area contributed by atoms with Gasteiger partial charge in [-0.25, -0.2) is 9.97 Å². The maximum absolute atomic E-state index is 12.2. The summed E-state index contributed by atoms with van der Waals surface area (Å²) in [5.74, 6) is -0.293. The molecule has 2 heterocycles. The molecule has 0 radical (unpaired) electrons. The predicted octanol–water partition coefficient (Wildman–Crippen LogP) is 1.51. The van der Waals surface area contributed by atoms with Gasteiger partial charge in [-0.05, 0) is 0 Å². The van der Waals surface area contributed by atoms with Gasteiger partial charge in [0.05, 0.1) is 5.69 Å². The molecule has 0 spiro atoms. The van der Waals surface area contributed by atoms with Crippen LogP contribution in [0.3, 0.4) is 0 Å². The number of aromatic nitrogens is 3. The highest BCUT2D eigenvalue weighted by Gasteiger charge is 2.27. The highest BCUT2D eigenvalue weighted by Crippen LogP contribution is 2.22.